The number of aromatic carboxylic acids is 1. The number of rotatable bonds is 5. The number of hydrogen-bond acceptors (Lipinski definition) is 2. The topological polar surface area (TPSA) is 55.1 Å². The first-order valence-electron chi connectivity index (χ1n) is 8.79. The Labute approximate surface area is 161 Å². The molecule has 4 aromatic rings. The Bertz CT molecular complexity index is 997. The molecule has 0 bridgehead atoms. The van der Waals surface area contributed by atoms with Gasteiger partial charge in [-0.25, -0.2) is 4.79 Å². The number of carboxylic acids is 1. The van der Waals surface area contributed by atoms with Crippen LogP contribution < -0.4 is 0 Å². The highest BCUT2D eigenvalue weighted by Crippen LogP contribution is 2.41. The van der Waals surface area contributed by atoms with Crippen LogP contribution in [0, 0.1) is 6.08 Å². The first-order chi connectivity index (χ1) is 13.6. The van der Waals surface area contributed by atoms with Crippen LogP contribution in [0.15, 0.2) is 97.2 Å². The Kier molecular flexibility index (Phi) is 4.49. The van der Waals surface area contributed by atoms with Gasteiger partial charge in [0.1, 0.15) is 5.54 Å². The van der Waals surface area contributed by atoms with Gasteiger partial charge < -0.3 is 5.11 Å². The van der Waals surface area contributed by atoms with E-state index in [1.54, 1.807) is 0 Å². The number of aromatic nitrogens is 2. The van der Waals surface area contributed by atoms with Crippen molar-refractivity contribution in [3.63, 3.8) is 0 Å². The summed E-state index contributed by atoms with van der Waals surface area (Å²) in [7, 11) is 0. The zero-order valence-corrected chi connectivity index (χ0v) is 14.9. The Morgan fingerprint density at radius 3 is 1.50 bits per heavy atom. The Hall–Kier alpha value is -3.73. The van der Waals surface area contributed by atoms with Gasteiger partial charge in [-0.1, -0.05) is 91.0 Å². The number of hydrogen-bond donors (Lipinski definition) is 1. The lowest BCUT2D eigenvalue weighted by atomic mass is 9.76. The van der Waals surface area contributed by atoms with Gasteiger partial charge in [0.15, 0.2) is 5.69 Å². The predicted octanol–water partition coefficient (Wildman–Crippen LogP) is 4.56. The molecule has 0 aliphatic carbocycles. The normalized spacial score (nSPS) is 11.3. The molecular weight excluding hydrogens is 355 g/mol. The lowest BCUT2D eigenvalue weighted by Crippen LogP contribution is -2.38. The van der Waals surface area contributed by atoms with Crippen molar-refractivity contribution in [3.8, 4) is 0 Å². The van der Waals surface area contributed by atoms with Gasteiger partial charge >= 0.3 is 5.97 Å². The maximum atomic E-state index is 15.1. The summed E-state index contributed by atoms with van der Waals surface area (Å²) in [4.78, 5) is 15.1. The molecule has 0 atom stereocenters. The Morgan fingerprint density at radius 1 is 0.786 bits per heavy atom. The summed E-state index contributed by atoms with van der Waals surface area (Å²) >= 11 is 0. The molecule has 28 heavy (non-hydrogen) atoms. The summed E-state index contributed by atoms with van der Waals surface area (Å²) in [6.07, 6.45) is 0.388. The highest BCUT2D eigenvalue weighted by molar-refractivity contribution is 5.85. The maximum Gasteiger partial charge on any atom is 0.356 e. The van der Waals surface area contributed by atoms with E-state index < -0.39 is 17.6 Å². The van der Waals surface area contributed by atoms with E-state index in [0.717, 1.165) is 16.7 Å². The van der Waals surface area contributed by atoms with Crippen LogP contribution in [-0.4, -0.2) is 20.6 Å². The summed E-state index contributed by atoms with van der Waals surface area (Å²) in [5.41, 5.74) is 0.917. The molecule has 0 amide bonds. The molecule has 0 saturated carbocycles. The van der Waals surface area contributed by atoms with Gasteiger partial charge in [-0.2, -0.15) is 9.37 Å². The molecule has 4 nitrogen and oxygen atoms in total. The van der Waals surface area contributed by atoms with Crippen LogP contribution in [0.5, 0.6) is 0 Å². The van der Waals surface area contributed by atoms with Crippen molar-refractivity contribution in [2.45, 2.75) is 5.54 Å². The van der Waals surface area contributed by atoms with Crippen molar-refractivity contribution in [1.29, 1.82) is 0 Å². The Balaban J connectivity index is 2.15. The van der Waals surface area contributed by atoms with Crippen molar-refractivity contribution in [2.24, 2.45) is 0 Å². The van der Waals surface area contributed by atoms with Crippen LogP contribution in [0.1, 0.15) is 27.2 Å². The van der Waals surface area contributed by atoms with Gasteiger partial charge in [0.05, 0.1) is 0 Å². The number of benzene rings is 3. The van der Waals surface area contributed by atoms with Crippen molar-refractivity contribution in [3.05, 3.63) is 126 Å². The van der Waals surface area contributed by atoms with Gasteiger partial charge in [-0.05, 0) is 16.7 Å². The van der Waals surface area contributed by atoms with Crippen LogP contribution in [0.25, 0.3) is 0 Å². The SMILES string of the molecule is O=C(O)c1cn(C(c2ccccc2)(c2ccccc2)c2ccccc2)c(F)n1. The molecule has 4 rings (SSSR count). The summed E-state index contributed by atoms with van der Waals surface area (Å²) < 4.78 is 16.4. The second-order valence-electron chi connectivity index (χ2n) is 6.38. The van der Waals surface area contributed by atoms with E-state index in [4.69, 9.17) is 0 Å². The minimum atomic E-state index is -1.28. The van der Waals surface area contributed by atoms with Crippen molar-refractivity contribution in [1.82, 2.24) is 9.55 Å². The maximum absolute atomic E-state index is 15.1. The van der Waals surface area contributed by atoms with E-state index in [-0.39, 0.29) is 5.69 Å². The zero-order valence-electron chi connectivity index (χ0n) is 14.9. The fourth-order valence-corrected chi connectivity index (χ4v) is 3.65. The van der Waals surface area contributed by atoms with Crippen LogP contribution in [0.3, 0.4) is 0 Å². The number of imidazole rings is 1. The molecular formula is C23H17FN2O2. The second-order valence-corrected chi connectivity index (χ2v) is 6.38. The monoisotopic (exact) mass is 372 g/mol. The minimum absolute atomic E-state index is 0.343. The van der Waals surface area contributed by atoms with Gasteiger partial charge in [0, 0.05) is 6.20 Å². The van der Waals surface area contributed by atoms with Gasteiger partial charge in [0.25, 0.3) is 6.08 Å². The molecule has 0 aliphatic heterocycles. The highest BCUT2D eigenvalue weighted by Gasteiger charge is 2.40. The van der Waals surface area contributed by atoms with E-state index in [1.807, 2.05) is 91.0 Å². The van der Waals surface area contributed by atoms with Crippen LogP contribution >= 0.6 is 0 Å². The molecule has 0 fully saturated rings. The first kappa shape index (κ1) is 17.7. The van der Waals surface area contributed by atoms with E-state index in [0.29, 0.717) is 0 Å². The fourth-order valence-electron chi connectivity index (χ4n) is 3.65. The smallest absolute Gasteiger partial charge is 0.356 e. The van der Waals surface area contributed by atoms with Gasteiger partial charge in [0.2, 0.25) is 0 Å². The standard InChI is InChI=1S/C23H17FN2O2/c24-22-25-20(21(27)28)16-26(22)23(17-10-4-1-5-11-17,18-12-6-2-7-13-18)19-14-8-3-9-15-19/h1-16H,(H,27,28). The molecule has 3 aromatic carbocycles. The number of halogens is 1. The van der Waals surface area contributed by atoms with Crippen molar-refractivity contribution >= 4 is 5.97 Å². The largest absolute Gasteiger partial charge is 0.476 e. The third-order valence-electron chi connectivity index (χ3n) is 4.82. The average Bonchev–Trinajstić information content (AvgIpc) is 3.14. The van der Waals surface area contributed by atoms with Crippen LogP contribution in [-0.2, 0) is 5.54 Å². The third kappa shape index (κ3) is 2.77. The molecule has 1 aromatic heterocycles. The number of nitrogens with zero attached hydrogens (tertiary/aromatic N) is 2. The summed E-state index contributed by atoms with van der Waals surface area (Å²) in [6.45, 7) is 0. The summed E-state index contributed by atoms with van der Waals surface area (Å²) in [5, 5.41) is 9.36. The Morgan fingerprint density at radius 2 is 1.18 bits per heavy atom. The van der Waals surface area contributed by atoms with Crippen LogP contribution in [0.4, 0.5) is 4.39 Å². The summed E-state index contributed by atoms with van der Waals surface area (Å²) in [6, 6.07) is 28.3. The van der Waals surface area contributed by atoms with E-state index in [2.05, 4.69) is 4.98 Å². The van der Waals surface area contributed by atoms with Crippen molar-refractivity contribution < 1.29 is 14.3 Å². The minimum Gasteiger partial charge on any atom is -0.476 e. The van der Waals surface area contributed by atoms with Crippen molar-refractivity contribution in [2.75, 3.05) is 0 Å². The molecule has 0 aliphatic rings. The second kappa shape index (κ2) is 7.12. The van der Waals surface area contributed by atoms with E-state index >= 15 is 4.39 Å². The molecule has 0 unspecified atom stereocenters. The van der Waals surface area contributed by atoms with Crippen LogP contribution in [0.2, 0.25) is 0 Å². The van der Waals surface area contributed by atoms with E-state index in [9.17, 15) is 9.90 Å². The molecule has 0 saturated heterocycles. The summed E-state index contributed by atoms with van der Waals surface area (Å²) in [5.74, 6) is -1.28. The predicted molar refractivity (Wildman–Crippen MR) is 104 cm³/mol. The molecule has 1 heterocycles. The molecule has 5 heteroatoms. The fraction of sp³-hybridized carbons (Fsp3) is 0.0435. The average molecular weight is 372 g/mol. The lowest BCUT2D eigenvalue weighted by Gasteiger charge is -2.37. The molecule has 1 N–H and O–H groups in total. The molecule has 0 spiro atoms. The first-order valence-corrected chi connectivity index (χ1v) is 8.79. The molecule has 138 valence electrons. The molecule has 0 radical (unpaired) electrons. The zero-order chi connectivity index (χ0) is 19.6. The lowest BCUT2D eigenvalue weighted by molar-refractivity contribution is 0.0690. The number of carboxylic acid groups (broad SMARTS) is 1. The third-order valence-corrected chi connectivity index (χ3v) is 4.82. The van der Waals surface area contributed by atoms with E-state index in [1.165, 1.54) is 10.8 Å². The highest BCUT2D eigenvalue weighted by atomic mass is 19.1. The number of carbonyl (C=O) groups is 1. The quantitative estimate of drug-likeness (QED) is 0.523. The van der Waals surface area contributed by atoms with Gasteiger partial charge in [-0.15, -0.1) is 0 Å². The van der Waals surface area contributed by atoms with Gasteiger partial charge in [-0.3, -0.25) is 4.57 Å².